The molecule has 0 aliphatic rings. The number of rotatable bonds is 5. The Hall–Kier alpha value is -2.58. The fourth-order valence-electron chi connectivity index (χ4n) is 2.41. The van der Waals surface area contributed by atoms with E-state index in [-0.39, 0.29) is 28.4 Å². The minimum absolute atomic E-state index is 0.0463. The number of fused-ring (bicyclic) bond motifs is 1. The van der Waals surface area contributed by atoms with Gasteiger partial charge in [0.15, 0.2) is 0 Å². The zero-order valence-corrected chi connectivity index (χ0v) is 17.1. The van der Waals surface area contributed by atoms with Crippen molar-refractivity contribution < 1.29 is 15.0 Å². The summed E-state index contributed by atoms with van der Waals surface area (Å²) >= 11 is 6.25. The number of halogens is 2. The summed E-state index contributed by atoms with van der Waals surface area (Å²) in [5.74, 6) is -0.632. The summed E-state index contributed by atoms with van der Waals surface area (Å²) in [6.45, 7) is 0.0463. The lowest BCUT2D eigenvalue weighted by molar-refractivity contribution is -0.119. The molecule has 0 spiro atoms. The fourth-order valence-corrected chi connectivity index (χ4v) is 3.56. The first kappa shape index (κ1) is 19.2. The number of benzene rings is 3. The lowest BCUT2D eigenvalue weighted by Gasteiger charge is -2.07. The molecule has 0 saturated heterocycles. The van der Waals surface area contributed by atoms with E-state index in [2.05, 4.69) is 47.7 Å². The van der Waals surface area contributed by atoms with Crippen LogP contribution in [0.25, 0.3) is 10.8 Å². The molecule has 0 aromatic heterocycles. The van der Waals surface area contributed by atoms with Gasteiger partial charge in [0.2, 0.25) is 0 Å². The van der Waals surface area contributed by atoms with Crippen LogP contribution in [0.1, 0.15) is 5.56 Å². The summed E-state index contributed by atoms with van der Waals surface area (Å²) in [5, 5.41) is 28.7. The molecule has 3 rings (SSSR count). The summed E-state index contributed by atoms with van der Waals surface area (Å²) in [6.07, 6.45) is 1.29. The van der Waals surface area contributed by atoms with Crippen LogP contribution in [-0.4, -0.2) is 28.9 Å². The highest BCUT2D eigenvalue weighted by atomic mass is 79.9. The first-order chi connectivity index (χ1) is 13.0. The molecule has 4 N–H and O–H groups in total. The Morgan fingerprint density at radius 3 is 2.56 bits per heavy atom. The maximum absolute atomic E-state index is 11.9. The molecular formula is C19H15Br2N3O3. The van der Waals surface area contributed by atoms with Crippen molar-refractivity contribution in [2.75, 3.05) is 11.9 Å². The van der Waals surface area contributed by atoms with Gasteiger partial charge in [0, 0.05) is 11.3 Å². The van der Waals surface area contributed by atoms with Gasteiger partial charge in [0.25, 0.3) is 5.91 Å². The average Bonchev–Trinajstić information content (AvgIpc) is 2.68. The predicted molar refractivity (Wildman–Crippen MR) is 113 cm³/mol. The minimum atomic E-state index is -0.337. The van der Waals surface area contributed by atoms with Crippen LogP contribution in [0.4, 0.5) is 5.69 Å². The van der Waals surface area contributed by atoms with Crippen molar-refractivity contribution in [1.82, 2.24) is 5.43 Å². The van der Waals surface area contributed by atoms with Gasteiger partial charge in [-0.2, -0.15) is 5.10 Å². The van der Waals surface area contributed by atoms with Crippen LogP contribution in [0.3, 0.4) is 0 Å². The molecule has 0 atom stereocenters. The Kier molecular flexibility index (Phi) is 5.98. The highest BCUT2D eigenvalue weighted by Crippen LogP contribution is 2.40. The second kappa shape index (κ2) is 8.41. The topological polar surface area (TPSA) is 94.0 Å². The van der Waals surface area contributed by atoms with E-state index >= 15 is 0 Å². The van der Waals surface area contributed by atoms with E-state index in [4.69, 9.17) is 0 Å². The van der Waals surface area contributed by atoms with E-state index in [0.29, 0.717) is 10.0 Å². The fraction of sp³-hybridized carbons (Fsp3) is 0.0526. The van der Waals surface area contributed by atoms with Gasteiger partial charge < -0.3 is 15.5 Å². The van der Waals surface area contributed by atoms with Gasteiger partial charge in [-0.1, -0.05) is 30.3 Å². The second-order valence-electron chi connectivity index (χ2n) is 5.67. The number of hydrogen-bond acceptors (Lipinski definition) is 5. The van der Waals surface area contributed by atoms with Crippen LogP contribution in [0.5, 0.6) is 11.5 Å². The normalized spacial score (nSPS) is 11.0. The molecule has 1 amide bonds. The van der Waals surface area contributed by atoms with Crippen molar-refractivity contribution >= 4 is 60.4 Å². The number of nitrogens with zero attached hydrogens (tertiary/aromatic N) is 1. The maximum atomic E-state index is 11.9. The highest BCUT2D eigenvalue weighted by molar-refractivity contribution is 9.11. The first-order valence-electron chi connectivity index (χ1n) is 7.90. The van der Waals surface area contributed by atoms with Crippen LogP contribution < -0.4 is 10.7 Å². The van der Waals surface area contributed by atoms with Crippen LogP contribution in [0, 0.1) is 0 Å². The molecule has 0 aliphatic carbocycles. The van der Waals surface area contributed by atoms with E-state index in [1.165, 1.54) is 12.3 Å². The Labute approximate surface area is 172 Å². The molecule has 8 heteroatoms. The number of hydrogen-bond donors (Lipinski definition) is 4. The van der Waals surface area contributed by atoms with E-state index in [9.17, 15) is 15.0 Å². The first-order valence-corrected chi connectivity index (χ1v) is 9.49. The second-order valence-corrected chi connectivity index (χ2v) is 7.31. The Morgan fingerprint density at radius 1 is 1.04 bits per heavy atom. The standard InChI is InChI=1S/C19H15Br2N3O3/c20-15-8-13(18(26)17(21)19(15)27)9-23-24-16(25)10-22-14-6-5-11-3-1-2-4-12(11)7-14/h1-9,22,26-27H,10H2,(H,24,25)/b23-9+. The van der Waals surface area contributed by atoms with Gasteiger partial charge in [0.1, 0.15) is 16.0 Å². The third-order valence-electron chi connectivity index (χ3n) is 3.79. The van der Waals surface area contributed by atoms with Gasteiger partial charge in [-0.05, 0) is 60.8 Å². The van der Waals surface area contributed by atoms with Gasteiger partial charge in [-0.3, -0.25) is 4.79 Å². The summed E-state index contributed by atoms with van der Waals surface area (Å²) in [7, 11) is 0. The largest absolute Gasteiger partial charge is 0.506 e. The minimum Gasteiger partial charge on any atom is -0.506 e. The van der Waals surface area contributed by atoms with Crippen molar-refractivity contribution in [2.24, 2.45) is 5.10 Å². The Bertz CT molecular complexity index is 1040. The Morgan fingerprint density at radius 2 is 1.78 bits per heavy atom. The molecule has 0 heterocycles. The van der Waals surface area contributed by atoms with Crippen LogP contribution in [-0.2, 0) is 4.79 Å². The van der Waals surface area contributed by atoms with E-state index in [1.807, 2.05) is 42.5 Å². The molecule has 6 nitrogen and oxygen atoms in total. The molecule has 0 unspecified atom stereocenters. The third-order valence-corrected chi connectivity index (χ3v) is 5.15. The number of carbonyl (C=O) groups excluding carboxylic acids is 1. The number of aromatic hydroxyl groups is 2. The predicted octanol–water partition coefficient (Wildman–Crippen LogP) is 4.34. The number of hydrazone groups is 1. The average molecular weight is 493 g/mol. The van der Waals surface area contributed by atoms with E-state index in [0.717, 1.165) is 16.5 Å². The van der Waals surface area contributed by atoms with E-state index < -0.39 is 0 Å². The molecule has 3 aromatic carbocycles. The highest BCUT2D eigenvalue weighted by Gasteiger charge is 2.12. The maximum Gasteiger partial charge on any atom is 0.259 e. The van der Waals surface area contributed by atoms with Crippen LogP contribution in [0.15, 0.2) is 62.6 Å². The molecule has 3 aromatic rings. The molecule has 138 valence electrons. The summed E-state index contributed by atoms with van der Waals surface area (Å²) < 4.78 is 0.528. The lowest BCUT2D eigenvalue weighted by atomic mass is 10.1. The number of anilines is 1. The quantitative estimate of drug-likeness (QED) is 0.315. The van der Waals surface area contributed by atoms with Gasteiger partial charge >= 0.3 is 0 Å². The monoisotopic (exact) mass is 491 g/mol. The van der Waals surface area contributed by atoms with Gasteiger partial charge in [0.05, 0.1) is 17.2 Å². The summed E-state index contributed by atoms with van der Waals surface area (Å²) in [4.78, 5) is 11.9. The number of phenolic OH excluding ortho intramolecular Hbond substituents is 2. The van der Waals surface area contributed by atoms with Crippen molar-refractivity contribution in [1.29, 1.82) is 0 Å². The Balaban J connectivity index is 1.59. The molecule has 0 bridgehead atoms. The molecule has 27 heavy (non-hydrogen) atoms. The van der Waals surface area contributed by atoms with Crippen molar-refractivity contribution in [3.63, 3.8) is 0 Å². The van der Waals surface area contributed by atoms with Gasteiger partial charge in [-0.25, -0.2) is 5.43 Å². The molecule has 0 aliphatic heterocycles. The smallest absolute Gasteiger partial charge is 0.259 e. The third kappa shape index (κ3) is 4.58. The molecule has 0 saturated carbocycles. The van der Waals surface area contributed by atoms with Crippen molar-refractivity contribution in [2.45, 2.75) is 0 Å². The number of carbonyl (C=O) groups is 1. The van der Waals surface area contributed by atoms with Crippen LogP contribution >= 0.6 is 31.9 Å². The zero-order valence-electron chi connectivity index (χ0n) is 13.9. The number of phenols is 2. The summed E-state index contributed by atoms with van der Waals surface area (Å²) in [5.41, 5.74) is 3.54. The van der Waals surface area contributed by atoms with Gasteiger partial charge in [-0.15, -0.1) is 0 Å². The summed E-state index contributed by atoms with van der Waals surface area (Å²) in [6, 6.07) is 15.3. The van der Waals surface area contributed by atoms with Crippen LogP contribution in [0.2, 0.25) is 0 Å². The molecule has 0 fully saturated rings. The molecule has 0 radical (unpaired) electrons. The van der Waals surface area contributed by atoms with Crippen molar-refractivity contribution in [3.05, 3.63) is 63.0 Å². The molecular weight excluding hydrogens is 478 g/mol. The lowest BCUT2D eigenvalue weighted by Crippen LogP contribution is -2.25. The SMILES string of the molecule is O=C(CNc1ccc2ccccc2c1)N/N=C/c1cc(Br)c(O)c(Br)c1O. The number of amides is 1. The number of nitrogens with one attached hydrogen (secondary N) is 2. The van der Waals surface area contributed by atoms with Crippen molar-refractivity contribution in [3.8, 4) is 11.5 Å². The van der Waals surface area contributed by atoms with E-state index in [1.54, 1.807) is 0 Å². The zero-order chi connectivity index (χ0) is 19.4.